The van der Waals surface area contributed by atoms with Crippen molar-refractivity contribution in [1.82, 2.24) is 4.90 Å². The van der Waals surface area contributed by atoms with E-state index in [0.29, 0.717) is 18.7 Å². The molecule has 0 saturated heterocycles. The molecule has 3 unspecified atom stereocenters. The van der Waals surface area contributed by atoms with Crippen LogP contribution in [-0.4, -0.2) is 55.0 Å². The van der Waals surface area contributed by atoms with Gasteiger partial charge in [-0.05, 0) is 34.2 Å². The molecule has 0 aliphatic heterocycles. The van der Waals surface area contributed by atoms with Crippen molar-refractivity contribution in [3.8, 4) is 0 Å². The lowest BCUT2D eigenvalue weighted by Crippen LogP contribution is -2.48. The first kappa shape index (κ1) is 14.8. The minimum Gasteiger partial charge on any atom is -0.394 e. The van der Waals surface area contributed by atoms with Crippen molar-refractivity contribution in [3.63, 3.8) is 0 Å². The molecule has 0 radical (unpaired) electrons. The Labute approximate surface area is 93.4 Å². The van der Waals surface area contributed by atoms with Crippen LogP contribution < -0.4 is 5.73 Å². The molecule has 0 aliphatic rings. The number of hydrogen-bond donors (Lipinski definition) is 2. The second kappa shape index (κ2) is 6.43. The van der Waals surface area contributed by atoms with E-state index in [-0.39, 0.29) is 6.61 Å². The average molecular weight is 218 g/mol. The first-order valence-corrected chi connectivity index (χ1v) is 5.44. The second-order valence-electron chi connectivity index (χ2n) is 4.84. The quantitative estimate of drug-likeness (QED) is 0.651. The van der Waals surface area contributed by atoms with Gasteiger partial charge in [-0.15, -0.1) is 0 Å². The number of aliphatic hydroxyl groups is 1. The number of aliphatic hydroxyl groups excluding tert-OH is 1. The number of nitrogens with two attached hydrogens (primary N) is 1. The third kappa shape index (κ3) is 5.47. The second-order valence-corrected chi connectivity index (χ2v) is 4.84. The van der Waals surface area contributed by atoms with Gasteiger partial charge in [0.05, 0.1) is 13.2 Å². The van der Waals surface area contributed by atoms with Crippen LogP contribution in [-0.2, 0) is 4.74 Å². The van der Waals surface area contributed by atoms with Crippen LogP contribution in [0.5, 0.6) is 0 Å². The Morgan fingerprint density at radius 2 is 1.93 bits per heavy atom. The highest BCUT2D eigenvalue weighted by Crippen LogP contribution is 2.14. The van der Waals surface area contributed by atoms with E-state index >= 15 is 0 Å². The van der Waals surface area contributed by atoms with E-state index in [1.807, 2.05) is 6.92 Å². The predicted octanol–water partition coefficient (Wildman–Crippen LogP) is 0.441. The number of ether oxygens (including phenoxy) is 1. The molecule has 0 saturated carbocycles. The molecule has 3 N–H and O–H groups in total. The molecular formula is C11H26N2O2. The molecule has 15 heavy (non-hydrogen) atoms. The molecule has 0 bridgehead atoms. The van der Waals surface area contributed by atoms with Gasteiger partial charge in [0.25, 0.3) is 0 Å². The predicted molar refractivity (Wildman–Crippen MR) is 62.9 cm³/mol. The molecule has 4 heteroatoms. The fourth-order valence-electron chi connectivity index (χ4n) is 1.68. The first-order valence-electron chi connectivity index (χ1n) is 5.44. The van der Waals surface area contributed by atoms with E-state index < -0.39 is 5.54 Å². The normalized spacial score (nSPS) is 20.0. The number of likely N-dealkylation sites (N-methyl/N-ethyl adjacent to an activating group) is 1. The van der Waals surface area contributed by atoms with Crippen molar-refractivity contribution in [2.75, 3.05) is 27.4 Å². The molecule has 0 aromatic carbocycles. The summed E-state index contributed by atoms with van der Waals surface area (Å²) in [5, 5.41) is 9.10. The van der Waals surface area contributed by atoms with Crippen LogP contribution in [0.25, 0.3) is 0 Å². The molecule has 0 fully saturated rings. The van der Waals surface area contributed by atoms with Gasteiger partial charge < -0.3 is 15.6 Å². The lowest BCUT2D eigenvalue weighted by atomic mass is 9.95. The molecule has 0 aliphatic carbocycles. The smallest absolute Gasteiger partial charge is 0.0615 e. The summed E-state index contributed by atoms with van der Waals surface area (Å²) in [5.41, 5.74) is 5.42. The molecule has 0 heterocycles. The topological polar surface area (TPSA) is 58.7 Å². The summed E-state index contributed by atoms with van der Waals surface area (Å²) in [6.45, 7) is 6.84. The van der Waals surface area contributed by atoms with Gasteiger partial charge in [0, 0.05) is 24.7 Å². The Balaban J connectivity index is 4.14. The van der Waals surface area contributed by atoms with E-state index in [4.69, 9.17) is 15.6 Å². The third-order valence-corrected chi connectivity index (χ3v) is 2.92. The Morgan fingerprint density at radius 3 is 2.33 bits per heavy atom. The molecular weight excluding hydrogens is 192 g/mol. The minimum atomic E-state index is -0.500. The Kier molecular flexibility index (Phi) is 6.36. The Hall–Kier alpha value is -0.160. The fourth-order valence-corrected chi connectivity index (χ4v) is 1.68. The lowest BCUT2D eigenvalue weighted by molar-refractivity contribution is 0.0771. The van der Waals surface area contributed by atoms with Gasteiger partial charge in [-0.3, -0.25) is 4.90 Å². The van der Waals surface area contributed by atoms with Gasteiger partial charge in [0.2, 0.25) is 0 Å². The highest BCUT2D eigenvalue weighted by Gasteiger charge is 2.24. The van der Waals surface area contributed by atoms with Crippen molar-refractivity contribution in [1.29, 1.82) is 0 Å². The van der Waals surface area contributed by atoms with Crippen LogP contribution in [0.1, 0.15) is 27.2 Å². The van der Waals surface area contributed by atoms with Gasteiger partial charge in [-0.25, -0.2) is 0 Å². The average Bonchev–Trinajstić information content (AvgIpc) is 2.16. The van der Waals surface area contributed by atoms with Gasteiger partial charge in [0.15, 0.2) is 0 Å². The molecule has 0 aromatic heterocycles. The number of methoxy groups -OCH3 is 1. The lowest BCUT2D eigenvalue weighted by Gasteiger charge is -2.35. The maximum atomic E-state index is 9.10. The summed E-state index contributed by atoms with van der Waals surface area (Å²) in [6.07, 6.45) is 0.772. The van der Waals surface area contributed by atoms with Crippen molar-refractivity contribution in [2.45, 2.75) is 44.8 Å². The maximum Gasteiger partial charge on any atom is 0.0615 e. The van der Waals surface area contributed by atoms with E-state index in [9.17, 15) is 0 Å². The van der Waals surface area contributed by atoms with Crippen molar-refractivity contribution < 1.29 is 9.84 Å². The van der Waals surface area contributed by atoms with E-state index in [1.165, 1.54) is 0 Å². The minimum absolute atomic E-state index is 0.0177. The fraction of sp³-hybridized carbons (Fsp3) is 1.00. The summed E-state index contributed by atoms with van der Waals surface area (Å²) in [6, 6.07) is 0.691. The van der Waals surface area contributed by atoms with Crippen LogP contribution in [0, 0.1) is 0 Å². The van der Waals surface area contributed by atoms with Crippen molar-refractivity contribution in [3.05, 3.63) is 0 Å². The highest BCUT2D eigenvalue weighted by atomic mass is 16.5. The Bertz CT molecular complexity index is 174. The summed E-state index contributed by atoms with van der Waals surface area (Å²) in [7, 11) is 3.76. The monoisotopic (exact) mass is 218 g/mol. The van der Waals surface area contributed by atoms with Crippen LogP contribution in [0.15, 0.2) is 0 Å². The summed E-state index contributed by atoms with van der Waals surface area (Å²) in [4.78, 5) is 2.23. The largest absolute Gasteiger partial charge is 0.394 e. The van der Waals surface area contributed by atoms with Crippen LogP contribution >= 0.6 is 0 Å². The van der Waals surface area contributed by atoms with Crippen LogP contribution in [0.3, 0.4) is 0 Å². The van der Waals surface area contributed by atoms with E-state index in [1.54, 1.807) is 7.11 Å². The number of hydrogen-bond acceptors (Lipinski definition) is 4. The zero-order valence-corrected chi connectivity index (χ0v) is 10.7. The van der Waals surface area contributed by atoms with Gasteiger partial charge >= 0.3 is 0 Å². The molecule has 0 rings (SSSR count). The summed E-state index contributed by atoms with van der Waals surface area (Å²) in [5.74, 6) is 0. The molecule has 3 atom stereocenters. The molecule has 4 nitrogen and oxygen atoms in total. The summed E-state index contributed by atoms with van der Waals surface area (Å²) < 4.78 is 5.11. The summed E-state index contributed by atoms with van der Waals surface area (Å²) >= 11 is 0. The number of rotatable bonds is 7. The maximum absolute atomic E-state index is 9.10. The Morgan fingerprint density at radius 1 is 1.40 bits per heavy atom. The van der Waals surface area contributed by atoms with Gasteiger partial charge in [-0.2, -0.15) is 0 Å². The van der Waals surface area contributed by atoms with Crippen LogP contribution in [0.4, 0.5) is 0 Å². The van der Waals surface area contributed by atoms with Gasteiger partial charge in [-0.1, -0.05) is 0 Å². The van der Waals surface area contributed by atoms with E-state index in [0.717, 1.165) is 6.42 Å². The standard InChI is InChI=1S/C11H26N2O2/c1-9(6-11(3,12)8-14)13(4)10(2)7-15-5/h9-10,14H,6-8,12H2,1-5H3. The van der Waals surface area contributed by atoms with Crippen molar-refractivity contribution in [2.24, 2.45) is 5.73 Å². The molecule has 0 aromatic rings. The molecule has 92 valence electrons. The van der Waals surface area contributed by atoms with Crippen molar-refractivity contribution >= 4 is 0 Å². The van der Waals surface area contributed by atoms with Crippen LogP contribution in [0.2, 0.25) is 0 Å². The number of nitrogens with zero attached hydrogens (tertiary/aromatic N) is 1. The van der Waals surface area contributed by atoms with Gasteiger partial charge in [0.1, 0.15) is 0 Å². The molecule has 0 spiro atoms. The zero-order chi connectivity index (χ0) is 12.1. The first-order chi connectivity index (χ1) is 6.84. The third-order valence-electron chi connectivity index (χ3n) is 2.92. The van der Waals surface area contributed by atoms with E-state index in [2.05, 4.69) is 25.8 Å². The zero-order valence-electron chi connectivity index (χ0n) is 10.7. The highest BCUT2D eigenvalue weighted by molar-refractivity contribution is 4.84. The SMILES string of the molecule is COCC(C)N(C)C(C)CC(C)(N)CO. The molecule has 0 amide bonds.